The van der Waals surface area contributed by atoms with Crippen molar-refractivity contribution in [3.8, 4) is 0 Å². The number of ether oxygens (including phenoxy) is 2. The summed E-state index contributed by atoms with van der Waals surface area (Å²) in [6.45, 7) is 7.48. The summed E-state index contributed by atoms with van der Waals surface area (Å²) in [6.07, 6.45) is 6.19. The van der Waals surface area contributed by atoms with Crippen molar-refractivity contribution in [2.45, 2.75) is 64.9 Å². The molecular weight excluding hydrogens is 332 g/mol. The van der Waals surface area contributed by atoms with E-state index in [0.29, 0.717) is 30.3 Å². The van der Waals surface area contributed by atoms with Crippen molar-refractivity contribution in [2.24, 2.45) is 28.6 Å². The van der Waals surface area contributed by atoms with Gasteiger partial charge in [-0.3, -0.25) is 9.59 Å². The standard InChI is InChI=1S/C21H28O5/c1-4-25-19(24)21(13(3)22)10-16-9-20(16,11-21)12(2)18(23)26-17-8-14-5-6-15(17)7-14/h14-17H,2,4-11H2,1,3H3. The van der Waals surface area contributed by atoms with Crippen LogP contribution in [0.4, 0.5) is 0 Å². The van der Waals surface area contributed by atoms with Crippen LogP contribution in [0, 0.1) is 28.6 Å². The molecule has 0 aliphatic heterocycles. The highest BCUT2D eigenvalue weighted by atomic mass is 16.5. The summed E-state index contributed by atoms with van der Waals surface area (Å²) in [7, 11) is 0. The van der Waals surface area contributed by atoms with E-state index < -0.39 is 16.8 Å². The third-order valence-corrected chi connectivity index (χ3v) is 7.56. The molecule has 0 spiro atoms. The van der Waals surface area contributed by atoms with Crippen molar-refractivity contribution < 1.29 is 23.9 Å². The molecule has 4 fully saturated rings. The van der Waals surface area contributed by atoms with Gasteiger partial charge in [-0.1, -0.05) is 6.58 Å². The van der Waals surface area contributed by atoms with E-state index in [-0.39, 0.29) is 30.4 Å². The summed E-state index contributed by atoms with van der Waals surface area (Å²) >= 11 is 0. The zero-order valence-electron chi connectivity index (χ0n) is 15.7. The molecule has 6 atom stereocenters. The number of ketones is 1. The minimum absolute atomic E-state index is 0.0237. The van der Waals surface area contributed by atoms with Crippen molar-refractivity contribution in [3.05, 3.63) is 12.2 Å². The van der Waals surface area contributed by atoms with Crippen LogP contribution in [0.3, 0.4) is 0 Å². The van der Waals surface area contributed by atoms with E-state index in [0.717, 1.165) is 19.3 Å². The third-order valence-electron chi connectivity index (χ3n) is 7.56. The Morgan fingerprint density at radius 3 is 2.50 bits per heavy atom. The van der Waals surface area contributed by atoms with Crippen LogP contribution in [0.2, 0.25) is 0 Å². The first-order valence-electron chi connectivity index (χ1n) is 9.91. The minimum Gasteiger partial charge on any atom is -0.465 e. The molecule has 142 valence electrons. The highest BCUT2D eigenvalue weighted by molar-refractivity contribution is 6.04. The Kier molecular flexibility index (Phi) is 4.05. The summed E-state index contributed by atoms with van der Waals surface area (Å²) in [5.74, 6) is 0.413. The first-order chi connectivity index (χ1) is 12.3. The molecule has 0 aromatic heterocycles. The van der Waals surface area contributed by atoms with Gasteiger partial charge in [0.2, 0.25) is 0 Å². The summed E-state index contributed by atoms with van der Waals surface area (Å²) in [4.78, 5) is 37.5. The number of hydrogen-bond donors (Lipinski definition) is 0. The normalized spacial score (nSPS) is 42.2. The molecule has 0 amide bonds. The maximum absolute atomic E-state index is 12.7. The van der Waals surface area contributed by atoms with Gasteiger partial charge in [-0.05, 0) is 76.5 Å². The topological polar surface area (TPSA) is 69.7 Å². The van der Waals surface area contributed by atoms with Gasteiger partial charge in [0.25, 0.3) is 0 Å². The van der Waals surface area contributed by atoms with Crippen molar-refractivity contribution in [1.29, 1.82) is 0 Å². The van der Waals surface area contributed by atoms with Gasteiger partial charge >= 0.3 is 11.9 Å². The highest BCUT2D eigenvalue weighted by Gasteiger charge is 2.71. The molecule has 0 N–H and O–H groups in total. The third kappa shape index (κ3) is 2.46. The highest BCUT2D eigenvalue weighted by Crippen LogP contribution is 2.72. The fourth-order valence-corrected chi connectivity index (χ4v) is 5.95. The van der Waals surface area contributed by atoms with Crippen LogP contribution in [0.1, 0.15) is 58.8 Å². The summed E-state index contributed by atoms with van der Waals surface area (Å²) in [5.41, 5.74) is -1.11. The first kappa shape index (κ1) is 17.7. The van der Waals surface area contributed by atoms with Gasteiger partial charge in [0.1, 0.15) is 17.3 Å². The molecule has 4 aliphatic rings. The Bertz CT molecular complexity index is 682. The molecule has 4 aliphatic carbocycles. The molecule has 0 saturated heterocycles. The van der Waals surface area contributed by atoms with Crippen molar-refractivity contribution >= 4 is 17.7 Å². The van der Waals surface area contributed by atoms with E-state index in [1.165, 1.54) is 19.8 Å². The quantitative estimate of drug-likeness (QED) is 0.413. The lowest BCUT2D eigenvalue weighted by Crippen LogP contribution is -2.39. The maximum atomic E-state index is 12.7. The lowest BCUT2D eigenvalue weighted by Gasteiger charge is -2.28. The van der Waals surface area contributed by atoms with Gasteiger partial charge < -0.3 is 9.47 Å². The van der Waals surface area contributed by atoms with Gasteiger partial charge in [0.15, 0.2) is 0 Å². The van der Waals surface area contributed by atoms with Crippen LogP contribution in [-0.4, -0.2) is 30.4 Å². The molecule has 26 heavy (non-hydrogen) atoms. The fourth-order valence-electron chi connectivity index (χ4n) is 5.95. The smallest absolute Gasteiger partial charge is 0.334 e. The number of hydrogen-bond acceptors (Lipinski definition) is 5. The molecular formula is C21H28O5. The predicted molar refractivity (Wildman–Crippen MR) is 94.0 cm³/mol. The zero-order valence-corrected chi connectivity index (χ0v) is 15.7. The van der Waals surface area contributed by atoms with Crippen molar-refractivity contribution in [3.63, 3.8) is 0 Å². The largest absolute Gasteiger partial charge is 0.465 e. The van der Waals surface area contributed by atoms with Crippen LogP contribution < -0.4 is 0 Å². The molecule has 5 nitrogen and oxygen atoms in total. The maximum Gasteiger partial charge on any atom is 0.334 e. The number of rotatable bonds is 6. The Labute approximate surface area is 154 Å². The lowest BCUT2D eigenvalue weighted by molar-refractivity contribution is -0.160. The van der Waals surface area contributed by atoms with Crippen molar-refractivity contribution in [2.75, 3.05) is 6.61 Å². The Morgan fingerprint density at radius 2 is 1.92 bits per heavy atom. The average molecular weight is 360 g/mol. The van der Waals surface area contributed by atoms with Gasteiger partial charge in [-0.2, -0.15) is 0 Å². The van der Waals surface area contributed by atoms with Crippen LogP contribution >= 0.6 is 0 Å². The van der Waals surface area contributed by atoms with Crippen LogP contribution in [0.25, 0.3) is 0 Å². The Morgan fingerprint density at radius 1 is 1.15 bits per heavy atom. The van der Waals surface area contributed by atoms with Crippen molar-refractivity contribution in [1.82, 2.24) is 0 Å². The average Bonchev–Trinajstić information content (AvgIpc) is 2.99. The number of carbonyl (C=O) groups is 3. The summed E-state index contributed by atoms with van der Waals surface area (Å²) in [6, 6.07) is 0. The second-order valence-corrected chi connectivity index (χ2v) is 8.89. The molecule has 0 heterocycles. The van der Waals surface area contributed by atoms with Gasteiger partial charge in [0.05, 0.1) is 6.61 Å². The van der Waals surface area contributed by atoms with E-state index in [4.69, 9.17) is 9.47 Å². The molecule has 6 unspecified atom stereocenters. The van der Waals surface area contributed by atoms with Gasteiger partial charge in [-0.15, -0.1) is 0 Å². The van der Waals surface area contributed by atoms with E-state index >= 15 is 0 Å². The second kappa shape index (κ2) is 5.93. The second-order valence-electron chi connectivity index (χ2n) is 8.89. The number of carbonyl (C=O) groups excluding carboxylic acids is 3. The molecule has 5 heteroatoms. The number of Topliss-reactive ketones (excluding diaryl/α,β-unsaturated/α-hetero) is 1. The van der Waals surface area contributed by atoms with Gasteiger partial charge in [0, 0.05) is 11.0 Å². The molecule has 2 bridgehead atoms. The molecule has 4 rings (SSSR count). The Balaban J connectivity index is 1.46. The number of esters is 2. The van der Waals surface area contributed by atoms with E-state index in [9.17, 15) is 14.4 Å². The molecule has 0 aromatic carbocycles. The summed E-state index contributed by atoms with van der Waals surface area (Å²) in [5, 5.41) is 0. The fraction of sp³-hybridized carbons (Fsp3) is 0.762. The lowest BCUT2D eigenvalue weighted by atomic mass is 9.76. The van der Waals surface area contributed by atoms with Crippen LogP contribution in [-0.2, 0) is 23.9 Å². The monoisotopic (exact) mass is 360 g/mol. The first-order valence-corrected chi connectivity index (χ1v) is 9.91. The van der Waals surface area contributed by atoms with E-state index in [1.807, 2.05) is 0 Å². The van der Waals surface area contributed by atoms with Crippen LogP contribution in [0.5, 0.6) is 0 Å². The molecule has 0 aromatic rings. The number of fused-ring (bicyclic) bond motifs is 3. The van der Waals surface area contributed by atoms with Gasteiger partial charge in [-0.25, -0.2) is 4.79 Å². The summed E-state index contributed by atoms with van der Waals surface area (Å²) < 4.78 is 11.0. The predicted octanol–water partition coefficient (Wildman–Crippen LogP) is 3.21. The van der Waals surface area contributed by atoms with Crippen LogP contribution in [0.15, 0.2) is 12.2 Å². The van der Waals surface area contributed by atoms with E-state index in [2.05, 4.69) is 6.58 Å². The zero-order chi connectivity index (χ0) is 18.7. The Hall–Kier alpha value is -1.65. The molecule has 4 saturated carbocycles. The SMILES string of the molecule is C=C(C(=O)OC1CC2CCC1C2)C12CC1CC(C(C)=O)(C(=O)OCC)C2. The molecule has 0 radical (unpaired) electrons. The minimum atomic E-state index is -1.12. The van der Waals surface area contributed by atoms with E-state index in [1.54, 1.807) is 6.92 Å².